The molecule has 0 spiro atoms. The maximum Gasteiger partial charge on any atom is 0.419 e. The smallest absolute Gasteiger partial charge is 0.419 e. The van der Waals surface area contributed by atoms with E-state index in [-0.39, 0.29) is 17.9 Å². The number of H-pyrrole nitrogens is 1. The summed E-state index contributed by atoms with van der Waals surface area (Å²) in [6, 6.07) is 0. The summed E-state index contributed by atoms with van der Waals surface area (Å²) in [5.41, 5.74) is -0.0550. The van der Waals surface area contributed by atoms with Gasteiger partial charge in [-0.05, 0) is 20.8 Å². The van der Waals surface area contributed by atoms with Crippen LogP contribution >= 0.6 is 0 Å². The zero-order chi connectivity index (χ0) is 10.1. The third-order valence-electron chi connectivity index (χ3n) is 1.35. The van der Waals surface area contributed by atoms with E-state index in [1.54, 1.807) is 0 Å². The lowest BCUT2D eigenvalue weighted by atomic mass is 10.2. The van der Waals surface area contributed by atoms with Gasteiger partial charge in [0.1, 0.15) is 5.69 Å². The molecule has 0 aromatic carbocycles. The quantitative estimate of drug-likeness (QED) is 0.723. The van der Waals surface area contributed by atoms with Crippen molar-refractivity contribution >= 4 is 0 Å². The monoisotopic (exact) mass is 187 g/mol. The Morgan fingerprint density at radius 2 is 2.15 bits per heavy atom. The van der Waals surface area contributed by atoms with Gasteiger partial charge >= 0.3 is 11.7 Å². The second-order valence-electron chi connectivity index (χ2n) is 3.70. The summed E-state index contributed by atoms with van der Waals surface area (Å²) >= 11 is 0. The lowest BCUT2D eigenvalue weighted by Crippen LogP contribution is -2.19. The Bertz CT molecular complexity index is 331. The van der Waals surface area contributed by atoms with Crippen molar-refractivity contribution in [2.45, 2.75) is 33.0 Å². The van der Waals surface area contributed by atoms with Gasteiger partial charge in [-0.3, -0.25) is 4.98 Å². The Morgan fingerprint density at radius 1 is 1.54 bits per heavy atom. The Labute approximate surface area is 75.3 Å². The van der Waals surface area contributed by atoms with E-state index in [1.807, 2.05) is 20.8 Å². The SMILES string of the molecule is CC(C)(C)OCc1[nH]c(=O)oc1O. The average molecular weight is 187 g/mol. The molecule has 0 aliphatic carbocycles. The van der Waals surface area contributed by atoms with Crippen molar-refractivity contribution in [1.29, 1.82) is 0 Å². The number of aromatic hydroxyl groups is 1. The summed E-state index contributed by atoms with van der Waals surface area (Å²) < 4.78 is 9.66. The van der Waals surface area contributed by atoms with Gasteiger partial charge in [0.2, 0.25) is 0 Å². The molecular weight excluding hydrogens is 174 g/mol. The van der Waals surface area contributed by atoms with Crippen molar-refractivity contribution in [3.05, 3.63) is 16.2 Å². The number of oxazole rings is 1. The minimum atomic E-state index is -0.676. The molecule has 0 atom stereocenters. The predicted molar refractivity (Wildman–Crippen MR) is 45.5 cm³/mol. The lowest BCUT2D eigenvalue weighted by Gasteiger charge is -2.18. The molecule has 13 heavy (non-hydrogen) atoms. The molecule has 1 aromatic heterocycles. The summed E-state index contributed by atoms with van der Waals surface area (Å²) in [5.74, 6) is -1.08. The molecule has 1 heterocycles. The van der Waals surface area contributed by atoms with Crippen LogP contribution < -0.4 is 5.76 Å². The van der Waals surface area contributed by atoms with Crippen molar-refractivity contribution in [3.8, 4) is 5.95 Å². The molecule has 5 heteroatoms. The highest BCUT2D eigenvalue weighted by molar-refractivity contribution is 5.10. The van der Waals surface area contributed by atoms with Gasteiger partial charge in [0.05, 0.1) is 12.2 Å². The van der Waals surface area contributed by atoms with Crippen LogP contribution in [0, 0.1) is 0 Å². The highest BCUT2D eigenvalue weighted by Gasteiger charge is 2.14. The van der Waals surface area contributed by atoms with Gasteiger partial charge in [-0.2, -0.15) is 0 Å². The summed E-state index contributed by atoms with van der Waals surface area (Å²) in [6.07, 6.45) is 0. The summed E-state index contributed by atoms with van der Waals surface area (Å²) in [4.78, 5) is 12.9. The number of hydrogen-bond acceptors (Lipinski definition) is 4. The molecule has 0 saturated carbocycles. The van der Waals surface area contributed by atoms with Crippen LogP contribution in [0.5, 0.6) is 5.95 Å². The number of ether oxygens (including phenoxy) is 1. The second-order valence-corrected chi connectivity index (χ2v) is 3.70. The Hall–Kier alpha value is -1.23. The van der Waals surface area contributed by atoms with Crippen LogP contribution in [0.4, 0.5) is 0 Å². The summed E-state index contributed by atoms with van der Waals surface area (Å²) in [7, 11) is 0. The number of rotatable bonds is 2. The first-order valence-corrected chi connectivity index (χ1v) is 3.93. The number of nitrogens with one attached hydrogen (secondary N) is 1. The van der Waals surface area contributed by atoms with E-state index in [0.717, 1.165) is 0 Å². The van der Waals surface area contributed by atoms with E-state index in [2.05, 4.69) is 9.40 Å². The normalized spacial score (nSPS) is 11.9. The Balaban J connectivity index is 2.65. The van der Waals surface area contributed by atoms with Gasteiger partial charge in [-0.1, -0.05) is 0 Å². The van der Waals surface area contributed by atoms with Crippen LogP contribution in [-0.2, 0) is 11.3 Å². The van der Waals surface area contributed by atoms with Crippen molar-refractivity contribution in [2.75, 3.05) is 0 Å². The van der Waals surface area contributed by atoms with E-state index in [1.165, 1.54) is 0 Å². The zero-order valence-corrected chi connectivity index (χ0v) is 7.88. The Kier molecular flexibility index (Phi) is 2.47. The van der Waals surface area contributed by atoms with Crippen molar-refractivity contribution in [3.63, 3.8) is 0 Å². The van der Waals surface area contributed by atoms with E-state index >= 15 is 0 Å². The molecular formula is C8H13NO4. The third kappa shape index (κ3) is 2.95. The molecule has 0 amide bonds. The van der Waals surface area contributed by atoms with Gasteiger partial charge in [0, 0.05) is 0 Å². The summed E-state index contributed by atoms with van der Waals surface area (Å²) in [5, 5.41) is 9.05. The van der Waals surface area contributed by atoms with Gasteiger partial charge < -0.3 is 14.3 Å². The molecule has 0 aliphatic heterocycles. The standard InChI is InChI=1S/C8H13NO4/c1-8(2,3)12-4-5-6(10)13-7(11)9-5/h10H,4H2,1-3H3,(H,9,11). The summed E-state index contributed by atoms with van der Waals surface area (Å²) in [6.45, 7) is 5.76. The molecule has 5 nitrogen and oxygen atoms in total. The van der Waals surface area contributed by atoms with Crippen LogP contribution in [0.3, 0.4) is 0 Å². The van der Waals surface area contributed by atoms with Gasteiger partial charge in [-0.25, -0.2) is 4.79 Å². The van der Waals surface area contributed by atoms with E-state index in [4.69, 9.17) is 9.84 Å². The van der Waals surface area contributed by atoms with Crippen LogP contribution in [0.1, 0.15) is 26.5 Å². The fraction of sp³-hybridized carbons (Fsp3) is 0.625. The maximum atomic E-state index is 10.6. The minimum Gasteiger partial charge on any atom is -0.479 e. The first-order chi connectivity index (χ1) is 5.88. The van der Waals surface area contributed by atoms with E-state index < -0.39 is 11.7 Å². The maximum absolute atomic E-state index is 10.6. The minimum absolute atomic E-state index is 0.126. The van der Waals surface area contributed by atoms with Gasteiger partial charge in [0.15, 0.2) is 0 Å². The number of aromatic amines is 1. The molecule has 0 saturated heterocycles. The first kappa shape index (κ1) is 9.85. The molecule has 1 aromatic rings. The fourth-order valence-electron chi connectivity index (χ4n) is 0.738. The van der Waals surface area contributed by atoms with Crippen molar-refractivity contribution in [1.82, 2.24) is 4.98 Å². The molecule has 0 bridgehead atoms. The van der Waals surface area contributed by atoms with E-state index in [0.29, 0.717) is 0 Å². The topological polar surface area (TPSA) is 75.5 Å². The van der Waals surface area contributed by atoms with Crippen LogP contribution in [0.15, 0.2) is 9.21 Å². The van der Waals surface area contributed by atoms with Gasteiger partial charge in [-0.15, -0.1) is 0 Å². The largest absolute Gasteiger partial charge is 0.479 e. The van der Waals surface area contributed by atoms with E-state index in [9.17, 15) is 4.79 Å². The van der Waals surface area contributed by atoms with Crippen LogP contribution in [-0.4, -0.2) is 15.7 Å². The van der Waals surface area contributed by atoms with Gasteiger partial charge in [0.25, 0.3) is 0 Å². The highest BCUT2D eigenvalue weighted by atomic mass is 16.5. The lowest BCUT2D eigenvalue weighted by molar-refractivity contribution is -0.0174. The van der Waals surface area contributed by atoms with Crippen LogP contribution in [0.25, 0.3) is 0 Å². The van der Waals surface area contributed by atoms with Crippen molar-refractivity contribution in [2.24, 2.45) is 0 Å². The third-order valence-corrected chi connectivity index (χ3v) is 1.35. The van der Waals surface area contributed by atoms with Crippen molar-refractivity contribution < 1.29 is 14.3 Å². The average Bonchev–Trinajstić information content (AvgIpc) is 2.24. The molecule has 1 rings (SSSR count). The molecule has 2 N–H and O–H groups in total. The highest BCUT2D eigenvalue weighted by Crippen LogP contribution is 2.16. The predicted octanol–water partition coefficient (Wildman–Crippen LogP) is 0.989. The molecule has 0 aliphatic rings. The second kappa shape index (κ2) is 3.26. The molecule has 0 radical (unpaired) electrons. The number of hydrogen-bond donors (Lipinski definition) is 2. The molecule has 0 unspecified atom stereocenters. The van der Waals surface area contributed by atoms with Crippen LogP contribution in [0.2, 0.25) is 0 Å². The number of aromatic nitrogens is 1. The molecule has 0 fully saturated rings. The Morgan fingerprint density at radius 3 is 2.54 bits per heavy atom. The zero-order valence-electron chi connectivity index (χ0n) is 7.88. The first-order valence-electron chi connectivity index (χ1n) is 3.93. The fourth-order valence-corrected chi connectivity index (χ4v) is 0.738. The molecule has 74 valence electrons.